The first-order chi connectivity index (χ1) is 6.39. The number of thiazole rings is 1. The van der Waals surface area contributed by atoms with Crippen LogP contribution in [0.3, 0.4) is 0 Å². The number of aliphatic carboxylic acids is 1. The van der Waals surface area contributed by atoms with Crippen LogP contribution >= 0.6 is 11.3 Å². The van der Waals surface area contributed by atoms with Crippen LogP contribution in [0.15, 0.2) is 12.3 Å². The molecule has 0 spiro atoms. The standard InChI is InChI=1S/C10H13NO2S/c1-10(2,3)9-11-6-7(14-9)4-5-8(12)13/h4-6H,1-3H3,(H,12,13). The molecule has 76 valence electrons. The summed E-state index contributed by atoms with van der Waals surface area (Å²) >= 11 is 1.52. The van der Waals surface area contributed by atoms with E-state index in [-0.39, 0.29) is 5.41 Å². The molecule has 3 nitrogen and oxygen atoms in total. The van der Waals surface area contributed by atoms with Crippen LogP contribution < -0.4 is 0 Å². The van der Waals surface area contributed by atoms with Gasteiger partial charge in [-0.3, -0.25) is 0 Å². The van der Waals surface area contributed by atoms with E-state index < -0.39 is 5.97 Å². The van der Waals surface area contributed by atoms with E-state index in [0.29, 0.717) is 0 Å². The summed E-state index contributed by atoms with van der Waals surface area (Å²) in [4.78, 5) is 15.4. The second kappa shape index (κ2) is 3.92. The van der Waals surface area contributed by atoms with Crippen LogP contribution in [0, 0.1) is 0 Å². The maximum Gasteiger partial charge on any atom is 0.328 e. The van der Waals surface area contributed by atoms with Gasteiger partial charge in [0.15, 0.2) is 0 Å². The van der Waals surface area contributed by atoms with Gasteiger partial charge < -0.3 is 5.11 Å². The molecule has 0 radical (unpaired) electrons. The molecule has 1 aromatic rings. The summed E-state index contributed by atoms with van der Waals surface area (Å²) in [6.45, 7) is 6.24. The molecule has 0 unspecified atom stereocenters. The molecule has 1 N–H and O–H groups in total. The molecule has 1 aromatic heterocycles. The van der Waals surface area contributed by atoms with Crippen molar-refractivity contribution < 1.29 is 9.90 Å². The SMILES string of the molecule is CC(C)(C)c1ncc(C=CC(=O)O)s1. The molecule has 0 aromatic carbocycles. The molecule has 14 heavy (non-hydrogen) atoms. The second-order valence-electron chi connectivity index (χ2n) is 3.99. The first-order valence-electron chi connectivity index (χ1n) is 4.27. The summed E-state index contributed by atoms with van der Waals surface area (Å²) in [5.74, 6) is -0.935. The lowest BCUT2D eigenvalue weighted by atomic mass is 9.98. The predicted octanol–water partition coefficient (Wildman–Crippen LogP) is 2.54. The smallest absolute Gasteiger partial charge is 0.328 e. The number of carbonyl (C=O) groups is 1. The third-order valence-corrected chi connectivity index (χ3v) is 2.94. The summed E-state index contributed by atoms with van der Waals surface area (Å²) in [5.41, 5.74) is 0.0278. The normalized spacial score (nSPS) is 12.2. The third-order valence-electron chi connectivity index (χ3n) is 1.56. The van der Waals surface area contributed by atoms with Crippen molar-refractivity contribution in [2.45, 2.75) is 26.2 Å². The zero-order valence-corrected chi connectivity index (χ0v) is 9.26. The van der Waals surface area contributed by atoms with Crippen molar-refractivity contribution in [3.63, 3.8) is 0 Å². The van der Waals surface area contributed by atoms with Crippen molar-refractivity contribution in [3.8, 4) is 0 Å². The minimum Gasteiger partial charge on any atom is -0.478 e. The Morgan fingerprint density at radius 1 is 1.57 bits per heavy atom. The molecule has 4 heteroatoms. The van der Waals surface area contributed by atoms with Crippen molar-refractivity contribution >= 4 is 23.4 Å². The van der Waals surface area contributed by atoms with Crippen molar-refractivity contribution in [2.75, 3.05) is 0 Å². The van der Waals surface area contributed by atoms with Crippen LogP contribution in [0.4, 0.5) is 0 Å². The van der Waals surface area contributed by atoms with E-state index in [1.165, 1.54) is 11.3 Å². The fraction of sp³-hybridized carbons (Fsp3) is 0.400. The van der Waals surface area contributed by atoms with Gasteiger partial charge in [0.2, 0.25) is 0 Å². The molecule has 0 bridgehead atoms. The van der Waals surface area contributed by atoms with Crippen molar-refractivity contribution in [1.82, 2.24) is 4.98 Å². The summed E-state index contributed by atoms with van der Waals surface area (Å²) in [6, 6.07) is 0. The molecule has 0 atom stereocenters. The van der Waals surface area contributed by atoms with Crippen LogP contribution in [-0.2, 0) is 10.2 Å². The predicted molar refractivity (Wildman–Crippen MR) is 57.5 cm³/mol. The number of nitrogens with zero attached hydrogens (tertiary/aromatic N) is 1. The lowest BCUT2D eigenvalue weighted by molar-refractivity contribution is -0.131. The highest BCUT2D eigenvalue weighted by atomic mass is 32.1. The summed E-state index contributed by atoms with van der Waals surface area (Å²) in [6.07, 6.45) is 4.39. The minimum absolute atomic E-state index is 0.0278. The maximum atomic E-state index is 10.3. The zero-order valence-electron chi connectivity index (χ0n) is 8.44. The van der Waals surface area contributed by atoms with Crippen LogP contribution in [0.5, 0.6) is 0 Å². The van der Waals surface area contributed by atoms with E-state index in [4.69, 9.17) is 5.11 Å². The van der Waals surface area contributed by atoms with Crippen LogP contribution in [0.2, 0.25) is 0 Å². The van der Waals surface area contributed by atoms with Gasteiger partial charge in [-0.15, -0.1) is 11.3 Å². The number of rotatable bonds is 2. The van der Waals surface area contributed by atoms with Crippen LogP contribution in [0.1, 0.15) is 30.7 Å². The second-order valence-corrected chi connectivity index (χ2v) is 5.05. The van der Waals surface area contributed by atoms with Gasteiger partial charge in [-0.1, -0.05) is 20.8 Å². The molecular weight excluding hydrogens is 198 g/mol. The van der Waals surface area contributed by atoms with E-state index in [1.807, 2.05) is 0 Å². The highest BCUT2D eigenvalue weighted by Gasteiger charge is 2.17. The van der Waals surface area contributed by atoms with Gasteiger partial charge in [0.1, 0.15) is 0 Å². The molecule has 0 aliphatic heterocycles. The zero-order chi connectivity index (χ0) is 10.8. The van der Waals surface area contributed by atoms with Gasteiger partial charge in [0, 0.05) is 22.6 Å². The van der Waals surface area contributed by atoms with Gasteiger partial charge in [-0.05, 0) is 6.08 Å². The Kier molecular flexibility index (Phi) is 3.06. The highest BCUT2D eigenvalue weighted by molar-refractivity contribution is 7.12. The molecule has 0 aliphatic carbocycles. The summed E-state index contributed by atoms with van der Waals surface area (Å²) in [7, 11) is 0. The Hall–Kier alpha value is -1.16. The average molecular weight is 211 g/mol. The first kappa shape index (κ1) is 10.9. The van der Waals surface area contributed by atoms with Crippen molar-refractivity contribution in [3.05, 3.63) is 22.2 Å². The highest BCUT2D eigenvalue weighted by Crippen LogP contribution is 2.27. The molecule has 1 heterocycles. The molecule has 0 saturated carbocycles. The van der Waals surface area contributed by atoms with Crippen molar-refractivity contribution in [1.29, 1.82) is 0 Å². The van der Waals surface area contributed by atoms with Gasteiger partial charge in [0.05, 0.1) is 5.01 Å². The van der Waals surface area contributed by atoms with E-state index >= 15 is 0 Å². The molecule has 1 rings (SSSR count). The number of carboxylic acids is 1. The number of aromatic nitrogens is 1. The summed E-state index contributed by atoms with van der Waals surface area (Å²) < 4.78 is 0. The Labute approximate surface area is 87.1 Å². The molecular formula is C10H13NO2S. The number of hydrogen-bond acceptors (Lipinski definition) is 3. The Balaban J connectivity index is 2.84. The Morgan fingerprint density at radius 3 is 2.64 bits per heavy atom. The Bertz CT molecular complexity index is 360. The lowest BCUT2D eigenvalue weighted by Gasteiger charge is -2.13. The molecule has 0 fully saturated rings. The van der Waals surface area contributed by atoms with E-state index in [9.17, 15) is 4.79 Å². The van der Waals surface area contributed by atoms with Gasteiger partial charge >= 0.3 is 5.97 Å². The lowest BCUT2D eigenvalue weighted by Crippen LogP contribution is -2.09. The maximum absolute atomic E-state index is 10.3. The Morgan fingerprint density at radius 2 is 2.21 bits per heavy atom. The van der Waals surface area contributed by atoms with E-state index in [1.54, 1.807) is 12.3 Å². The van der Waals surface area contributed by atoms with Crippen molar-refractivity contribution in [2.24, 2.45) is 0 Å². The van der Waals surface area contributed by atoms with E-state index in [0.717, 1.165) is 16.0 Å². The van der Waals surface area contributed by atoms with E-state index in [2.05, 4.69) is 25.8 Å². The van der Waals surface area contributed by atoms with Gasteiger partial charge in [-0.25, -0.2) is 9.78 Å². The van der Waals surface area contributed by atoms with Crippen LogP contribution in [-0.4, -0.2) is 16.1 Å². The number of carboxylic acid groups (broad SMARTS) is 1. The molecule has 0 amide bonds. The molecule has 0 saturated heterocycles. The van der Waals surface area contributed by atoms with Gasteiger partial charge in [0.25, 0.3) is 0 Å². The third kappa shape index (κ3) is 2.96. The average Bonchev–Trinajstić information content (AvgIpc) is 2.47. The monoisotopic (exact) mass is 211 g/mol. The largest absolute Gasteiger partial charge is 0.478 e. The molecule has 0 aliphatic rings. The quantitative estimate of drug-likeness (QED) is 0.765. The van der Waals surface area contributed by atoms with Crippen LogP contribution in [0.25, 0.3) is 6.08 Å². The summed E-state index contributed by atoms with van der Waals surface area (Å²) in [5, 5.41) is 9.46. The van der Waals surface area contributed by atoms with Gasteiger partial charge in [-0.2, -0.15) is 0 Å². The minimum atomic E-state index is -0.935. The fourth-order valence-corrected chi connectivity index (χ4v) is 1.74. The fourth-order valence-electron chi connectivity index (χ4n) is 0.864. The topological polar surface area (TPSA) is 50.2 Å². The first-order valence-corrected chi connectivity index (χ1v) is 5.08. The number of hydrogen-bond donors (Lipinski definition) is 1.